The Bertz CT molecular complexity index is 476. The van der Waals surface area contributed by atoms with Crippen LogP contribution in [0.4, 0.5) is 0 Å². The number of aromatic nitrogens is 1. The second-order valence-electron chi connectivity index (χ2n) is 2.82. The van der Waals surface area contributed by atoms with Gasteiger partial charge < -0.3 is 4.57 Å². The van der Waals surface area contributed by atoms with Crippen LogP contribution in [-0.2, 0) is 7.05 Å². The molecule has 0 aliphatic rings. The Morgan fingerprint density at radius 2 is 1.85 bits per heavy atom. The fraction of sp³-hybridized carbons (Fsp3) is 0.100. The quantitative estimate of drug-likeness (QED) is 0.630. The molecule has 0 aliphatic heterocycles. The molecule has 0 bridgehead atoms. The van der Waals surface area contributed by atoms with Gasteiger partial charge in [-0.25, -0.2) is 0 Å². The molecule has 3 heteroatoms. The molecule has 2 nitrogen and oxygen atoms in total. The van der Waals surface area contributed by atoms with Gasteiger partial charge in [-0.2, -0.15) is 0 Å². The number of hydrogen-bond acceptors (Lipinski definition) is 1. The molecule has 0 fully saturated rings. The highest BCUT2D eigenvalue weighted by molar-refractivity contribution is 5.85. The van der Waals surface area contributed by atoms with Crippen molar-refractivity contribution in [1.29, 1.82) is 0 Å². The third kappa shape index (κ3) is 1.58. The number of hydrogen-bond donors (Lipinski definition) is 0. The van der Waals surface area contributed by atoms with E-state index in [2.05, 4.69) is 0 Å². The van der Waals surface area contributed by atoms with E-state index in [0.717, 1.165) is 10.8 Å². The molecule has 0 amide bonds. The number of pyridine rings is 1. The first-order valence-electron chi connectivity index (χ1n) is 3.83. The Morgan fingerprint density at radius 3 is 2.62 bits per heavy atom. The Hall–Kier alpha value is -1.28. The van der Waals surface area contributed by atoms with Gasteiger partial charge in [-0.05, 0) is 17.5 Å². The average Bonchev–Trinajstić information content (AvgIpc) is 2.12. The zero-order valence-corrected chi connectivity index (χ0v) is 8.04. The molecule has 68 valence electrons. The van der Waals surface area contributed by atoms with Gasteiger partial charge in [-0.15, -0.1) is 12.4 Å². The molecule has 0 aliphatic carbocycles. The summed E-state index contributed by atoms with van der Waals surface area (Å²) in [7, 11) is 1.76. The summed E-state index contributed by atoms with van der Waals surface area (Å²) in [4.78, 5) is 11.5. The highest BCUT2D eigenvalue weighted by Gasteiger charge is 1.96. The van der Waals surface area contributed by atoms with Gasteiger partial charge in [0.2, 0.25) is 0 Å². The Kier molecular flexibility index (Phi) is 2.73. The van der Waals surface area contributed by atoms with Crippen LogP contribution in [-0.4, -0.2) is 4.57 Å². The van der Waals surface area contributed by atoms with Crippen LogP contribution in [0, 0.1) is 0 Å². The number of aryl methyl sites for hydroxylation is 1. The summed E-state index contributed by atoms with van der Waals surface area (Å²) in [6, 6.07) is 9.54. The van der Waals surface area contributed by atoms with Crippen LogP contribution < -0.4 is 5.56 Å². The summed E-state index contributed by atoms with van der Waals surface area (Å²) in [5.41, 5.74) is 0.0631. The summed E-state index contributed by atoms with van der Waals surface area (Å²) >= 11 is 0. The Balaban J connectivity index is 0.000000845. The standard InChI is InChI=1S/C10H9NO.ClH/c1-11-7-6-8-4-2-3-5-9(8)10(11)12;/h2-7H,1H3;1H. The Morgan fingerprint density at radius 1 is 1.15 bits per heavy atom. The number of halogens is 1. The highest BCUT2D eigenvalue weighted by Crippen LogP contribution is 2.06. The molecular weight excluding hydrogens is 186 g/mol. The number of benzene rings is 1. The first kappa shape index (κ1) is 9.81. The monoisotopic (exact) mass is 195 g/mol. The van der Waals surface area contributed by atoms with Crippen LogP contribution in [0.15, 0.2) is 41.3 Å². The largest absolute Gasteiger partial charge is 0.318 e. The van der Waals surface area contributed by atoms with Crippen molar-refractivity contribution >= 4 is 23.2 Å². The smallest absolute Gasteiger partial charge is 0.258 e. The van der Waals surface area contributed by atoms with E-state index in [9.17, 15) is 4.79 Å². The molecule has 13 heavy (non-hydrogen) atoms. The van der Waals surface area contributed by atoms with E-state index in [0.29, 0.717) is 0 Å². The Labute approximate surface area is 82.2 Å². The van der Waals surface area contributed by atoms with Crippen LogP contribution in [0.1, 0.15) is 0 Å². The maximum absolute atomic E-state index is 11.5. The molecule has 1 aromatic heterocycles. The normalized spacial score (nSPS) is 9.62. The number of nitrogens with zero attached hydrogens (tertiary/aromatic N) is 1. The van der Waals surface area contributed by atoms with Gasteiger partial charge in [0.1, 0.15) is 0 Å². The van der Waals surface area contributed by atoms with Crippen molar-refractivity contribution in [2.45, 2.75) is 0 Å². The van der Waals surface area contributed by atoms with E-state index in [1.54, 1.807) is 17.8 Å². The topological polar surface area (TPSA) is 22.0 Å². The second kappa shape index (κ2) is 3.62. The van der Waals surface area contributed by atoms with Gasteiger partial charge in [-0.1, -0.05) is 18.2 Å². The fourth-order valence-corrected chi connectivity index (χ4v) is 1.29. The van der Waals surface area contributed by atoms with E-state index in [4.69, 9.17) is 0 Å². The van der Waals surface area contributed by atoms with Crippen LogP contribution >= 0.6 is 12.4 Å². The lowest BCUT2D eigenvalue weighted by Crippen LogP contribution is -2.15. The van der Waals surface area contributed by atoms with Crippen molar-refractivity contribution in [3.05, 3.63) is 46.9 Å². The van der Waals surface area contributed by atoms with Crippen molar-refractivity contribution in [3.63, 3.8) is 0 Å². The average molecular weight is 196 g/mol. The van der Waals surface area contributed by atoms with Crippen molar-refractivity contribution < 1.29 is 0 Å². The van der Waals surface area contributed by atoms with Gasteiger partial charge in [0.15, 0.2) is 0 Å². The van der Waals surface area contributed by atoms with Crippen LogP contribution in [0.3, 0.4) is 0 Å². The van der Waals surface area contributed by atoms with E-state index in [-0.39, 0.29) is 18.0 Å². The summed E-state index contributed by atoms with van der Waals surface area (Å²) in [6.07, 6.45) is 1.78. The van der Waals surface area contributed by atoms with Gasteiger partial charge in [-0.3, -0.25) is 4.79 Å². The zero-order valence-electron chi connectivity index (χ0n) is 7.23. The van der Waals surface area contributed by atoms with E-state index in [1.165, 1.54) is 0 Å². The maximum Gasteiger partial charge on any atom is 0.258 e. The lowest BCUT2D eigenvalue weighted by atomic mass is 10.2. The molecule has 1 aromatic carbocycles. The van der Waals surface area contributed by atoms with Gasteiger partial charge >= 0.3 is 0 Å². The third-order valence-electron chi connectivity index (χ3n) is 1.99. The van der Waals surface area contributed by atoms with Crippen LogP contribution in [0.2, 0.25) is 0 Å². The van der Waals surface area contributed by atoms with E-state index < -0.39 is 0 Å². The molecule has 0 radical (unpaired) electrons. The van der Waals surface area contributed by atoms with Gasteiger partial charge in [0, 0.05) is 18.6 Å². The van der Waals surface area contributed by atoms with Gasteiger partial charge in [0.05, 0.1) is 0 Å². The fourth-order valence-electron chi connectivity index (χ4n) is 1.29. The molecule has 0 unspecified atom stereocenters. The minimum Gasteiger partial charge on any atom is -0.318 e. The summed E-state index contributed by atoms with van der Waals surface area (Å²) in [6.45, 7) is 0. The van der Waals surface area contributed by atoms with Gasteiger partial charge in [0.25, 0.3) is 5.56 Å². The third-order valence-corrected chi connectivity index (χ3v) is 1.99. The van der Waals surface area contributed by atoms with Crippen molar-refractivity contribution in [3.8, 4) is 0 Å². The predicted octanol–water partition coefficient (Wildman–Crippen LogP) is 1.96. The minimum atomic E-state index is 0. The van der Waals surface area contributed by atoms with E-state index >= 15 is 0 Å². The van der Waals surface area contributed by atoms with Crippen molar-refractivity contribution in [1.82, 2.24) is 4.57 Å². The first-order chi connectivity index (χ1) is 5.79. The molecule has 0 atom stereocenters. The lowest BCUT2D eigenvalue weighted by Gasteiger charge is -1.98. The highest BCUT2D eigenvalue weighted by atomic mass is 35.5. The molecule has 2 aromatic rings. The predicted molar refractivity (Wildman–Crippen MR) is 56.4 cm³/mol. The summed E-state index contributed by atoms with van der Waals surface area (Å²) < 4.78 is 1.59. The second-order valence-corrected chi connectivity index (χ2v) is 2.82. The summed E-state index contributed by atoms with van der Waals surface area (Å²) in [5.74, 6) is 0. The zero-order chi connectivity index (χ0) is 8.55. The molecular formula is C10H10ClNO. The van der Waals surface area contributed by atoms with Crippen LogP contribution in [0.5, 0.6) is 0 Å². The van der Waals surface area contributed by atoms with E-state index in [1.807, 2.05) is 30.3 Å². The number of fused-ring (bicyclic) bond motifs is 1. The molecule has 2 rings (SSSR count). The van der Waals surface area contributed by atoms with Crippen LogP contribution in [0.25, 0.3) is 10.8 Å². The molecule has 0 spiro atoms. The molecule has 1 heterocycles. The minimum absolute atomic E-state index is 0. The van der Waals surface area contributed by atoms with Crippen molar-refractivity contribution in [2.75, 3.05) is 0 Å². The molecule has 0 N–H and O–H groups in total. The SMILES string of the molecule is Cl.Cn1ccc2ccccc2c1=O. The summed E-state index contributed by atoms with van der Waals surface area (Å²) in [5, 5.41) is 1.78. The lowest BCUT2D eigenvalue weighted by molar-refractivity contribution is 0.873. The number of rotatable bonds is 0. The molecule has 0 saturated carbocycles. The molecule has 0 saturated heterocycles. The van der Waals surface area contributed by atoms with Crippen molar-refractivity contribution in [2.24, 2.45) is 7.05 Å². The maximum atomic E-state index is 11.5. The first-order valence-corrected chi connectivity index (χ1v) is 3.83.